The van der Waals surface area contributed by atoms with Crippen LogP contribution in [-0.2, 0) is 11.4 Å². The first-order chi connectivity index (χ1) is 13.1. The first-order valence-corrected chi connectivity index (χ1v) is 8.62. The molecule has 0 aliphatic carbocycles. The third-order valence-corrected chi connectivity index (χ3v) is 4.52. The third-order valence-electron chi connectivity index (χ3n) is 4.52. The van der Waals surface area contributed by atoms with Crippen molar-refractivity contribution in [3.05, 3.63) is 71.7 Å². The SMILES string of the molecule is Cc1ccccc1-c1cc(C(=O)O)nn1CC1CC(c2cccnc2)=NO1. The van der Waals surface area contributed by atoms with E-state index >= 15 is 0 Å². The van der Waals surface area contributed by atoms with Crippen molar-refractivity contribution in [3.8, 4) is 11.3 Å². The van der Waals surface area contributed by atoms with Gasteiger partial charge in [0.2, 0.25) is 0 Å². The van der Waals surface area contributed by atoms with Gasteiger partial charge in [-0.15, -0.1) is 0 Å². The number of benzene rings is 1. The van der Waals surface area contributed by atoms with Crippen LogP contribution in [0.25, 0.3) is 11.3 Å². The van der Waals surface area contributed by atoms with E-state index in [9.17, 15) is 9.90 Å². The normalized spacial score (nSPS) is 16.0. The highest BCUT2D eigenvalue weighted by molar-refractivity contribution is 6.00. The summed E-state index contributed by atoms with van der Waals surface area (Å²) in [4.78, 5) is 21.1. The van der Waals surface area contributed by atoms with E-state index in [0.717, 1.165) is 28.1 Å². The summed E-state index contributed by atoms with van der Waals surface area (Å²) in [5.41, 5.74) is 4.52. The Balaban J connectivity index is 1.59. The maximum Gasteiger partial charge on any atom is 0.356 e. The van der Waals surface area contributed by atoms with Crippen LogP contribution in [0.5, 0.6) is 0 Å². The molecule has 3 heterocycles. The lowest BCUT2D eigenvalue weighted by atomic mass is 10.0. The van der Waals surface area contributed by atoms with Crippen LogP contribution in [0.4, 0.5) is 0 Å². The predicted molar refractivity (Wildman–Crippen MR) is 99.6 cm³/mol. The third kappa shape index (κ3) is 3.44. The second-order valence-corrected chi connectivity index (χ2v) is 6.43. The Labute approximate surface area is 155 Å². The van der Waals surface area contributed by atoms with Gasteiger partial charge in [0, 0.05) is 29.9 Å². The van der Waals surface area contributed by atoms with E-state index < -0.39 is 5.97 Å². The van der Waals surface area contributed by atoms with Crippen molar-refractivity contribution >= 4 is 11.7 Å². The number of nitrogens with zero attached hydrogens (tertiary/aromatic N) is 4. The van der Waals surface area contributed by atoms with Crippen LogP contribution in [-0.4, -0.2) is 37.7 Å². The molecule has 0 saturated heterocycles. The van der Waals surface area contributed by atoms with Crippen molar-refractivity contribution in [1.82, 2.24) is 14.8 Å². The standard InChI is InChI=1S/C20H18N4O3/c1-13-5-2-3-7-16(13)19-10-18(20(25)26)22-24(19)12-15-9-17(23-27-15)14-6-4-8-21-11-14/h2-8,10-11,15H,9,12H2,1H3,(H,25,26). The molecule has 1 unspecified atom stereocenters. The number of aryl methyl sites for hydroxylation is 1. The minimum atomic E-state index is -1.05. The highest BCUT2D eigenvalue weighted by Crippen LogP contribution is 2.26. The first kappa shape index (κ1) is 17.0. The van der Waals surface area contributed by atoms with Gasteiger partial charge in [-0.3, -0.25) is 9.67 Å². The molecular weight excluding hydrogens is 344 g/mol. The summed E-state index contributed by atoms with van der Waals surface area (Å²) in [6.45, 7) is 2.40. The van der Waals surface area contributed by atoms with Gasteiger partial charge in [-0.1, -0.05) is 29.4 Å². The van der Waals surface area contributed by atoms with Crippen LogP contribution < -0.4 is 0 Å². The summed E-state index contributed by atoms with van der Waals surface area (Å²) in [6, 6.07) is 13.2. The quantitative estimate of drug-likeness (QED) is 0.753. The largest absolute Gasteiger partial charge is 0.476 e. The molecule has 1 N–H and O–H groups in total. The van der Waals surface area contributed by atoms with Crippen molar-refractivity contribution in [2.24, 2.45) is 5.16 Å². The molecule has 3 aromatic rings. The van der Waals surface area contributed by atoms with Gasteiger partial charge in [0.1, 0.15) is 0 Å². The maximum atomic E-state index is 11.4. The second-order valence-electron chi connectivity index (χ2n) is 6.43. The number of aromatic carboxylic acids is 1. The van der Waals surface area contributed by atoms with E-state index in [-0.39, 0.29) is 11.8 Å². The number of oxime groups is 1. The van der Waals surface area contributed by atoms with Crippen LogP contribution in [0.1, 0.15) is 28.0 Å². The topological polar surface area (TPSA) is 89.6 Å². The molecular formula is C20H18N4O3. The van der Waals surface area contributed by atoms with Crippen LogP contribution in [0.15, 0.2) is 60.0 Å². The smallest absolute Gasteiger partial charge is 0.356 e. The summed E-state index contributed by atoms with van der Waals surface area (Å²) in [7, 11) is 0. The lowest BCUT2D eigenvalue weighted by Gasteiger charge is -2.13. The fourth-order valence-corrected chi connectivity index (χ4v) is 3.16. The highest BCUT2D eigenvalue weighted by Gasteiger charge is 2.25. The van der Waals surface area contributed by atoms with Gasteiger partial charge in [0.15, 0.2) is 11.8 Å². The molecule has 0 spiro atoms. The van der Waals surface area contributed by atoms with Gasteiger partial charge in [0.25, 0.3) is 0 Å². The van der Waals surface area contributed by atoms with Crippen LogP contribution in [0, 0.1) is 6.92 Å². The number of hydrogen-bond acceptors (Lipinski definition) is 5. The number of carboxylic acids is 1. The van der Waals surface area contributed by atoms with Gasteiger partial charge in [-0.25, -0.2) is 4.79 Å². The zero-order valence-electron chi connectivity index (χ0n) is 14.7. The molecule has 7 heteroatoms. The zero-order valence-corrected chi connectivity index (χ0v) is 14.7. The fraction of sp³-hybridized carbons (Fsp3) is 0.200. The number of carboxylic acid groups (broad SMARTS) is 1. The maximum absolute atomic E-state index is 11.4. The Morgan fingerprint density at radius 3 is 2.89 bits per heavy atom. The van der Waals surface area contributed by atoms with E-state index in [1.807, 2.05) is 43.3 Å². The molecule has 1 aliphatic rings. The Hall–Kier alpha value is -3.48. The molecule has 1 aliphatic heterocycles. The molecule has 1 atom stereocenters. The molecule has 0 saturated carbocycles. The minimum Gasteiger partial charge on any atom is -0.476 e. The molecule has 4 rings (SSSR count). The Morgan fingerprint density at radius 1 is 1.30 bits per heavy atom. The predicted octanol–water partition coefficient (Wildman–Crippen LogP) is 3.14. The zero-order chi connectivity index (χ0) is 18.8. The number of carbonyl (C=O) groups is 1. The van der Waals surface area contributed by atoms with Crippen LogP contribution in [0.3, 0.4) is 0 Å². The Kier molecular flexibility index (Phi) is 4.42. The van der Waals surface area contributed by atoms with E-state index in [2.05, 4.69) is 15.2 Å². The van der Waals surface area contributed by atoms with E-state index in [1.54, 1.807) is 23.1 Å². The minimum absolute atomic E-state index is 0.0136. The molecule has 2 aromatic heterocycles. The molecule has 0 amide bonds. The summed E-state index contributed by atoms with van der Waals surface area (Å²) >= 11 is 0. The van der Waals surface area contributed by atoms with Crippen molar-refractivity contribution < 1.29 is 14.7 Å². The summed E-state index contributed by atoms with van der Waals surface area (Å²) in [5, 5.41) is 17.8. The van der Waals surface area contributed by atoms with E-state index in [0.29, 0.717) is 13.0 Å². The number of rotatable bonds is 5. The van der Waals surface area contributed by atoms with Crippen molar-refractivity contribution in [1.29, 1.82) is 0 Å². The molecule has 0 radical (unpaired) electrons. The van der Waals surface area contributed by atoms with E-state index in [1.165, 1.54) is 0 Å². The number of pyridine rings is 1. The van der Waals surface area contributed by atoms with Gasteiger partial charge in [-0.2, -0.15) is 5.10 Å². The first-order valence-electron chi connectivity index (χ1n) is 8.62. The summed E-state index contributed by atoms with van der Waals surface area (Å²) < 4.78 is 1.69. The number of hydrogen-bond donors (Lipinski definition) is 1. The lowest BCUT2D eigenvalue weighted by molar-refractivity contribution is 0.0663. The highest BCUT2D eigenvalue weighted by atomic mass is 16.6. The molecule has 0 bridgehead atoms. The van der Waals surface area contributed by atoms with Crippen LogP contribution in [0.2, 0.25) is 0 Å². The van der Waals surface area contributed by atoms with E-state index in [4.69, 9.17) is 4.84 Å². The second kappa shape index (κ2) is 7.03. The Morgan fingerprint density at radius 2 is 2.15 bits per heavy atom. The number of aromatic nitrogens is 3. The van der Waals surface area contributed by atoms with Gasteiger partial charge in [0.05, 0.1) is 18.0 Å². The van der Waals surface area contributed by atoms with Gasteiger partial charge < -0.3 is 9.94 Å². The summed E-state index contributed by atoms with van der Waals surface area (Å²) in [5.74, 6) is -1.05. The molecule has 1 aromatic carbocycles. The Bertz CT molecular complexity index is 1010. The summed E-state index contributed by atoms with van der Waals surface area (Å²) in [6.07, 6.45) is 3.86. The van der Waals surface area contributed by atoms with Gasteiger partial charge in [-0.05, 0) is 30.7 Å². The molecule has 7 nitrogen and oxygen atoms in total. The monoisotopic (exact) mass is 362 g/mol. The van der Waals surface area contributed by atoms with Crippen LogP contribution >= 0.6 is 0 Å². The van der Waals surface area contributed by atoms with Crippen molar-refractivity contribution in [2.75, 3.05) is 0 Å². The van der Waals surface area contributed by atoms with Gasteiger partial charge >= 0.3 is 5.97 Å². The average Bonchev–Trinajstić information content (AvgIpc) is 3.31. The molecule has 0 fully saturated rings. The fourth-order valence-electron chi connectivity index (χ4n) is 3.16. The molecule has 136 valence electrons. The molecule has 27 heavy (non-hydrogen) atoms. The average molecular weight is 362 g/mol. The van der Waals surface area contributed by atoms with Crippen molar-refractivity contribution in [3.63, 3.8) is 0 Å². The lowest BCUT2D eigenvalue weighted by Crippen LogP contribution is -2.19. The van der Waals surface area contributed by atoms with Crippen molar-refractivity contribution in [2.45, 2.75) is 26.0 Å².